The fourth-order valence-electron chi connectivity index (χ4n) is 2.95. The molecular weight excluding hydrogens is 332 g/mol. The number of ether oxygens (including phenoxy) is 2. The van der Waals surface area contributed by atoms with Gasteiger partial charge in [-0.15, -0.1) is 0 Å². The zero-order valence-corrected chi connectivity index (χ0v) is 14.8. The summed E-state index contributed by atoms with van der Waals surface area (Å²) in [5.41, 5.74) is 7.07. The van der Waals surface area contributed by atoms with Gasteiger partial charge in [0.2, 0.25) is 0 Å². The number of rotatable bonds is 5. The van der Waals surface area contributed by atoms with Crippen LogP contribution >= 0.6 is 15.9 Å². The molecule has 21 heavy (non-hydrogen) atoms. The van der Waals surface area contributed by atoms with Crippen LogP contribution in [0.4, 0.5) is 0 Å². The molecule has 0 bridgehead atoms. The Hall–Kier alpha value is -0.780. The number of hydrogen-bond acceptors (Lipinski definition) is 4. The largest absolute Gasteiger partial charge is 0.493 e. The molecule has 0 aliphatic carbocycles. The number of likely N-dealkylation sites (tertiary alicyclic amines) is 1. The molecule has 2 rings (SSSR count). The Labute approximate surface area is 135 Å². The summed E-state index contributed by atoms with van der Waals surface area (Å²) in [5, 5.41) is 0. The Balaban J connectivity index is 2.35. The van der Waals surface area contributed by atoms with E-state index in [4.69, 9.17) is 15.2 Å². The minimum Gasteiger partial charge on any atom is -0.493 e. The molecule has 118 valence electrons. The summed E-state index contributed by atoms with van der Waals surface area (Å²) in [6.07, 6.45) is 1.20. The lowest BCUT2D eigenvalue weighted by atomic mass is 9.99. The van der Waals surface area contributed by atoms with E-state index >= 15 is 0 Å². The number of methoxy groups -OCH3 is 1. The Morgan fingerprint density at radius 1 is 1.38 bits per heavy atom. The third-order valence-corrected chi connectivity index (χ3v) is 4.66. The standard InChI is InChI=1S/C16H25BrN2O2/c1-10(2)21-16-6-12(13(17)7-15(16)20-4)14-5-11(8-18)9-19(14)3/h6-7,10-11,14H,5,8-9,18H2,1-4H3. The first kappa shape index (κ1) is 16.6. The quantitative estimate of drug-likeness (QED) is 0.879. The summed E-state index contributed by atoms with van der Waals surface area (Å²) in [7, 11) is 3.82. The van der Waals surface area contributed by atoms with Crippen LogP contribution in [0.5, 0.6) is 11.5 Å². The van der Waals surface area contributed by atoms with Crippen LogP contribution in [-0.2, 0) is 0 Å². The van der Waals surface area contributed by atoms with E-state index in [1.807, 2.05) is 19.9 Å². The molecule has 1 aliphatic rings. The van der Waals surface area contributed by atoms with Gasteiger partial charge in [-0.3, -0.25) is 4.90 Å². The topological polar surface area (TPSA) is 47.7 Å². The van der Waals surface area contributed by atoms with Gasteiger partial charge in [-0.05, 0) is 57.5 Å². The van der Waals surface area contributed by atoms with Crippen LogP contribution in [-0.4, -0.2) is 38.3 Å². The maximum Gasteiger partial charge on any atom is 0.161 e. The van der Waals surface area contributed by atoms with Crippen molar-refractivity contribution in [2.75, 3.05) is 27.2 Å². The van der Waals surface area contributed by atoms with E-state index in [0.717, 1.165) is 35.5 Å². The first-order valence-corrected chi connectivity index (χ1v) is 8.20. The van der Waals surface area contributed by atoms with Crippen LogP contribution in [0.3, 0.4) is 0 Å². The van der Waals surface area contributed by atoms with E-state index in [2.05, 4.69) is 33.9 Å². The van der Waals surface area contributed by atoms with E-state index in [0.29, 0.717) is 12.0 Å². The van der Waals surface area contributed by atoms with Gasteiger partial charge >= 0.3 is 0 Å². The minimum absolute atomic E-state index is 0.117. The van der Waals surface area contributed by atoms with Crippen molar-refractivity contribution in [2.45, 2.75) is 32.4 Å². The molecule has 1 saturated heterocycles. The molecule has 1 fully saturated rings. The first-order chi connectivity index (χ1) is 9.96. The Kier molecular flexibility index (Phi) is 5.52. The molecule has 5 heteroatoms. The molecule has 1 aromatic rings. The van der Waals surface area contributed by atoms with Crippen LogP contribution in [0.2, 0.25) is 0 Å². The summed E-state index contributed by atoms with van der Waals surface area (Å²) < 4.78 is 12.4. The predicted octanol–water partition coefficient (Wildman–Crippen LogP) is 3.20. The van der Waals surface area contributed by atoms with Gasteiger partial charge in [-0.2, -0.15) is 0 Å². The van der Waals surface area contributed by atoms with E-state index in [9.17, 15) is 0 Å². The molecule has 1 aromatic carbocycles. The summed E-state index contributed by atoms with van der Waals surface area (Å²) in [5.74, 6) is 2.12. The first-order valence-electron chi connectivity index (χ1n) is 7.40. The number of halogens is 1. The summed E-state index contributed by atoms with van der Waals surface area (Å²) in [6.45, 7) is 5.82. The van der Waals surface area contributed by atoms with Gasteiger partial charge in [0.25, 0.3) is 0 Å². The summed E-state index contributed by atoms with van der Waals surface area (Å²) in [6, 6.07) is 4.47. The molecule has 1 aliphatic heterocycles. The lowest BCUT2D eigenvalue weighted by Gasteiger charge is -2.23. The van der Waals surface area contributed by atoms with Gasteiger partial charge in [0.15, 0.2) is 11.5 Å². The number of nitrogens with zero attached hydrogens (tertiary/aromatic N) is 1. The van der Waals surface area contributed by atoms with Gasteiger partial charge in [-0.25, -0.2) is 0 Å². The lowest BCUT2D eigenvalue weighted by Crippen LogP contribution is -2.21. The highest BCUT2D eigenvalue weighted by atomic mass is 79.9. The number of hydrogen-bond donors (Lipinski definition) is 1. The Morgan fingerprint density at radius 3 is 2.62 bits per heavy atom. The highest BCUT2D eigenvalue weighted by molar-refractivity contribution is 9.10. The van der Waals surface area contributed by atoms with Gasteiger partial charge in [0.1, 0.15) is 0 Å². The fraction of sp³-hybridized carbons (Fsp3) is 0.625. The summed E-state index contributed by atoms with van der Waals surface area (Å²) in [4.78, 5) is 2.36. The molecule has 0 radical (unpaired) electrons. The smallest absolute Gasteiger partial charge is 0.161 e. The number of benzene rings is 1. The van der Waals surface area contributed by atoms with Crippen LogP contribution < -0.4 is 15.2 Å². The van der Waals surface area contributed by atoms with Crippen molar-refractivity contribution in [3.8, 4) is 11.5 Å². The third kappa shape index (κ3) is 3.71. The maximum atomic E-state index is 5.89. The second-order valence-electron chi connectivity index (χ2n) is 5.98. The molecule has 0 spiro atoms. The zero-order valence-electron chi connectivity index (χ0n) is 13.2. The Bertz CT molecular complexity index is 493. The van der Waals surface area contributed by atoms with Crippen LogP contribution in [0.1, 0.15) is 31.9 Å². The van der Waals surface area contributed by atoms with Crippen molar-refractivity contribution < 1.29 is 9.47 Å². The molecular formula is C16H25BrN2O2. The second kappa shape index (κ2) is 6.99. The second-order valence-corrected chi connectivity index (χ2v) is 6.84. The molecule has 0 amide bonds. The van der Waals surface area contributed by atoms with Crippen molar-refractivity contribution in [1.29, 1.82) is 0 Å². The molecule has 2 atom stereocenters. The van der Waals surface area contributed by atoms with Crippen molar-refractivity contribution in [3.05, 3.63) is 22.2 Å². The van der Waals surface area contributed by atoms with Crippen molar-refractivity contribution in [2.24, 2.45) is 11.7 Å². The highest BCUT2D eigenvalue weighted by Crippen LogP contribution is 2.42. The average Bonchev–Trinajstić information content (AvgIpc) is 2.81. The fourth-order valence-corrected chi connectivity index (χ4v) is 3.54. The van der Waals surface area contributed by atoms with Gasteiger partial charge in [0, 0.05) is 17.1 Å². The van der Waals surface area contributed by atoms with Crippen LogP contribution in [0.25, 0.3) is 0 Å². The summed E-state index contributed by atoms with van der Waals surface area (Å²) >= 11 is 3.67. The molecule has 1 heterocycles. The van der Waals surface area contributed by atoms with Gasteiger partial charge < -0.3 is 15.2 Å². The van der Waals surface area contributed by atoms with Gasteiger partial charge in [-0.1, -0.05) is 15.9 Å². The average molecular weight is 357 g/mol. The molecule has 0 saturated carbocycles. The normalized spacial score (nSPS) is 22.8. The van der Waals surface area contributed by atoms with Crippen molar-refractivity contribution in [1.82, 2.24) is 4.90 Å². The van der Waals surface area contributed by atoms with E-state index in [-0.39, 0.29) is 6.10 Å². The maximum absolute atomic E-state index is 5.89. The van der Waals surface area contributed by atoms with Crippen LogP contribution in [0.15, 0.2) is 16.6 Å². The van der Waals surface area contributed by atoms with E-state index < -0.39 is 0 Å². The number of nitrogens with two attached hydrogens (primary N) is 1. The lowest BCUT2D eigenvalue weighted by molar-refractivity contribution is 0.228. The minimum atomic E-state index is 0.117. The Morgan fingerprint density at radius 2 is 2.10 bits per heavy atom. The predicted molar refractivity (Wildman–Crippen MR) is 89.0 cm³/mol. The van der Waals surface area contributed by atoms with Crippen molar-refractivity contribution in [3.63, 3.8) is 0 Å². The molecule has 4 nitrogen and oxygen atoms in total. The third-order valence-electron chi connectivity index (χ3n) is 3.97. The highest BCUT2D eigenvalue weighted by Gasteiger charge is 2.31. The molecule has 0 aromatic heterocycles. The van der Waals surface area contributed by atoms with E-state index in [1.54, 1.807) is 7.11 Å². The SMILES string of the molecule is COc1cc(Br)c(C2CC(CN)CN2C)cc1OC(C)C. The van der Waals surface area contributed by atoms with Crippen molar-refractivity contribution >= 4 is 15.9 Å². The van der Waals surface area contributed by atoms with E-state index in [1.165, 1.54) is 5.56 Å². The van der Waals surface area contributed by atoms with Gasteiger partial charge in [0.05, 0.1) is 13.2 Å². The monoisotopic (exact) mass is 356 g/mol. The van der Waals surface area contributed by atoms with Crippen LogP contribution in [0, 0.1) is 5.92 Å². The molecule has 2 N–H and O–H groups in total. The molecule has 2 unspecified atom stereocenters. The zero-order chi connectivity index (χ0) is 15.6.